The van der Waals surface area contributed by atoms with E-state index in [-0.39, 0.29) is 5.91 Å². The smallest absolute Gasteiger partial charge is 0.249 e. The molecule has 1 N–H and O–H groups in total. The Hall–Kier alpha value is -1.26. The summed E-state index contributed by atoms with van der Waals surface area (Å²) in [6.45, 7) is 6.65. The molecule has 0 spiro atoms. The number of hydrogen-bond acceptors (Lipinski definition) is 3. The van der Waals surface area contributed by atoms with Gasteiger partial charge in [0, 0.05) is 0 Å². The van der Waals surface area contributed by atoms with Crippen LogP contribution in [0.5, 0.6) is 5.75 Å². The number of ether oxygens (including phenoxy) is 1. The predicted octanol–water partition coefficient (Wildman–Crippen LogP) is 5.07. The maximum atomic E-state index is 12.3. The number of carbonyl (C=O) groups excluding carboxylic acids is 1. The topological polar surface area (TPSA) is 50.7 Å². The normalized spacial score (nSPS) is 21.7. The molecule has 0 heterocycles. The van der Waals surface area contributed by atoms with Crippen molar-refractivity contribution in [1.29, 1.82) is 0 Å². The molecule has 1 amide bonds. The average molecular weight is 385 g/mol. The summed E-state index contributed by atoms with van der Waals surface area (Å²) in [6, 6.07) is 7.80. The Labute approximate surface area is 159 Å². The lowest BCUT2D eigenvalue weighted by Gasteiger charge is -2.12. The van der Waals surface area contributed by atoms with Gasteiger partial charge in [-0.05, 0) is 62.4 Å². The van der Waals surface area contributed by atoms with E-state index in [9.17, 15) is 4.79 Å². The number of carbonyl (C=O) groups is 1. The Balaban J connectivity index is 2.08. The van der Waals surface area contributed by atoms with Crippen molar-refractivity contribution >= 4 is 34.8 Å². The number of rotatable bonds is 9. The predicted molar refractivity (Wildman–Crippen MR) is 104 cm³/mol. The highest BCUT2D eigenvalue weighted by molar-refractivity contribution is 6.53. The first-order valence-corrected chi connectivity index (χ1v) is 9.57. The van der Waals surface area contributed by atoms with E-state index in [0.717, 1.165) is 42.7 Å². The molecule has 0 radical (unpaired) electrons. The molecule has 1 fully saturated rings. The summed E-state index contributed by atoms with van der Waals surface area (Å²) in [6.07, 6.45) is 4.25. The number of nitrogens with one attached hydrogen (secondary N) is 1. The van der Waals surface area contributed by atoms with E-state index in [1.165, 1.54) is 0 Å². The van der Waals surface area contributed by atoms with E-state index in [4.69, 9.17) is 27.9 Å². The number of benzene rings is 1. The first kappa shape index (κ1) is 20.1. The van der Waals surface area contributed by atoms with Gasteiger partial charge in [0.1, 0.15) is 10.1 Å². The van der Waals surface area contributed by atoms with Gasteiger partial charge < -0.3 is 4.74 Å². The van der Waals surface area contributed by atoms with Crippen LogP contribution in [0.25, 0.3) is 0 Å². The Morgan fingerprint density at radius 1 is 1.24 bits per heavy atom. The zero-order valence-electron chi connectivity index (χ0n) is 15.1. The summed E-state index contributed by atoms with van der Waals surface area (Å²) in [5, 5.41) is 4.35. The highest BCUT2D eigenvalue weighted by Crippen LogP contribution is 2.63. The molecule has 2 rings (SSSR count). The van der Waals surface area contributed by atoms with E-state index >= 15 is 0 Å². The Morgan fingerprint density at radius 2 is 1.88 bits per heavy atom. The summed E-state index contributed by atoms with van der Waals surface area (Å²) in [4.78, 5) is 12.3. The zero-order valence-corrected chi connectivity index (χ0v) is 16.6. The van der Waals surface area contributed by atoms with Crippen LogP contribution >= 0.6 is 23.2 Å². The largest absolute Gasteiger partial charge is 0.494 e. The molecule has 4 nitrogen and oxygen atoms in total. The molecule has 1 aromatic rings. The summed E-state index contributed by atoms with van der Waals surface area (Å²) < 4.78 is 4.61. The van der Waals surface area contributed by atoms with E-state index in [2.05, 4.69) is 24.4 Å². The first-order valence-electron chi connectivity index (χ1n) is 8.82. The zero-order chi connectivity index (χ0) is 18.5. The van der Waals surface area contributed by atoms with Crippen molar-refractivity contribution in [3.05, 3.63) is 29.8 Å². The molecule has 0 aromatic heterocycles. The second-order valence-corrected chi connectivity index (χ2v) is 8.17. The van der Waals surface area contributed by atoms with E-state index in [1.807, 2.05) is 24.3 Å². The first-order chi connectivity index (χ1) is 11.8. The number of hydrazone groups is 1. The number of amides is 1. The molecule has 1 atom stereocenters. The SMILES string of the molecule is CCCC/C(=N\NC(=O)[C@@]1(C)CC1(Cl)Cl)c1ccc(OCCC)cc1. The van der Waals surface area contributed by atoms with Gasteiger partial charge in [0.2, 0.25) is 5.91 Å². The highest BCUT2D eigenvalue weighted by atomic mass is 35.5. The highest BCUT2D eigenvalue weighted by Gasteiger charge is 2.68. The summed E-state index contributed by atoms with van der Waals surface area (Å²) >= 11 is 12.1. The van der Waals surface area contributed by atoms with Crippen LogP contribution in [0.2, 0.25) is 0 Å². The van der Waals surface area contributed by atoms with Gasteiger partial charge in [0.15, 0.2) is 0 Å². The monoisotopic (exact) mass is 384 g/mol. The molecule has 1 aromatic carbocycles. The molecular formula is C19H26Cl2N2O2. The van der Waals surface area contributed by atoms with Gasteiger partial charge in [-0.2, -0.15) is 5.10 Å². The molecule has 1 aliphatic rings. The summed E-state index contributed by atoms with van der Waals surface area (Å²) in [5.41, 5.74) is 3.69. The van der Waals surface area contributed by atoms with Gasteiger partial charge in [0.25, 0.3) is 0 Å². The minimum absolute atomic E-state index is 0.241. The molecule has 6 heteroatoms. The van der Waals surface area contributed by atoms with E-state index < -0.39 is 9.75 Å². The third kappa shape index (κ3) is 4.89. The number of alkyl halides is 2. The molecular weight excluding hydrogens is 359 g/mol. The van der Waals surface area contributed by atoms with Crippen molar-refractivity contribution in [2.24, 2.45) is 10.5 Å². The standard InChI is InChI=1S/C19H26Cl2N2O2/c1-4-6-7-16(14-8-10-15(11-9-14)25-12-5-2)22-23-17(24)18(3)13-19(18,20)21/h8-11H,4-7,12-13H2,1-3H3,(H,23,24)/b22-16+/t18-/m1/s1. The Bertz CT molecular complexity index is 629. The third-order valence-electron chi connectivity index (χ3n) is 4.48. The van der Waals surface area contributed by atoms with Crippen LogP contribution in [0, 0.1) is 5.41 Å². The second-order valence-electron chi connectivity index (χ2n) is 6.69. The summed E-state index contributed by atoms with van der Waals surface area (Å²) in [5.74, 6) is 0.596. The fourth-order valence-corrected chi connectivity index (χ4v) is 3.17. The van der Waals surface area contributed by atoms with Gasteiger partial charge >= 0.3 is 0 Å². The molecule has 0 unspecified atom stereocenters. The van der Waals surface area contributed by atoms with Crippen LogP contribution in [0.4, 0.5) is 0 Å². The van der Waals surface area contributed by atoms with Crippen molar-refractivity contribution in [2.45, 2.75) is 57.2 Å². The van der Waals surface area contributed by atoms with Crippen molar-refractivity contribution < 1.29 is 9.53 Å². The third-order valence-corrected chi connectivity index (χ3v) is 5.58. The van der Waals surface area contributed by atoms with Crippen LogP contribution < -0.4 is 10.2 Å². The van der Waals surface area contributed by atoms with Crippen LogP contribution in [0.3, 0.4) is 0 Å². The average Bonchev–Trinajstić information content (AvgIpc) is 3.13. The number of hydrogen-bond donors (Lipinski definition) is 1. The molecule has 1 aliphatic carbocycles. The molecule has 25 heavy (non-hydrogen) atoms. The maximum Gasteiger partial charge on any atom is 0.249 e. The van der Waals surface area contributed by atoms with Gasteiger partial charge in [-0.15, -0.1) is 23.2 Å². The fraction of sp³-hybridized carbons (Fsp3) is 0.579. The molecule has 0 aliphatic heterocycles. The molecule has 0 saturated heterocycles. The van der Waals surface area contributed by atoms with E-state index in [1.54, 1.807) is 6.92 Å². The number of unbranched alkanes of at least 4 members (excludes halogenated alkanes) is 1. The van der Waals surface area contributed by atoms with Crippen LogP contribution in [-0.4, -0.2) is 22.6 Å². The Kier molecular flexibility index (Phi) is 6.75. The lowest BCUT2D eigenvalue weighted by Crippen LogP contribution is -2.30. The summed E-state index contributed by atoms with van der Waals surface area (Å²) in [7, 11) is 0. The van der Waals surface area contributed by atoms with Crippen molar-refractivity contribution in [3.8, 4) is 5.75 Å². The van der Waals surface area contributed by atoms with Gasteiger partial charge in [-0.25, -0.2) is 5.43 Å². The van der Waals surface area contributed by atoms with Gasteiger partial charge in [-0.1, -0.05) is 20.3 Å². The minimum atomic E-state index is -0.992. The number of halogens is 2. The quantitative estimate of drug-likeness (QED) is 0.367. The van der Waals surface area contributed by atoms with Crippen molar-refractivity contribution in [2.75, 3.05) is 6.61 Å². The van der Waals surface area contributed by atoms with Gasteiger partial charge in [0.05, 0.1) is 17.7 Å². The van der Waals surface area contributed by atoms with Gasteiger partial charge in [-0.3, -0.25) is 4.79 Å². The van der Waals surface area contributed by atoms with Crippen LogP contribution in [0.1, 0.15) is 58.4 Å². The lowest BCUT2D eigenvalue weighted by molar-refractivity contribution is -0.125. The minimum Gasteiger partial charge on any atom is -0.494 e. The Morgan fingerprint density at radius 3 is 2.40 bits per heavy atom. The number of nitrogens with zero attached hydrogens (tertiary/aromatic N) is 1. The van der Waals surface area contributed by atoms with Crippen LogP contribution in [-0.2, 0) is 4.79 Å². The van der Waals surface area contributed by atoms with Crippen LogP contribution in [0.15, 0.2) is 29.4 Å². The van der Waals surface area contributed by atoms with Crippen molar-refractivity contribution in [1.82, 2.24) is 5.43 Å². The van der Waals surface area contributed by atoms with E-state index in [0.29, 0.717) is 13.0 Å². The lowest BCUT2D eigenvalue weighted by atomic mass is 10.0. The molecule has 1 saturated carbocycles. The molecule has 138 valence electrons. The molecule has 0 bridgehead atoms. The van der Waals surface area contributed by atoms with Crippen molar-refractivity contribution in [3.63, 3.8) is 0 Å². The fourth-order valence-electron chi connectivity index (χ4n) is 2.46. The second kappa shape index (κ2) is 8.41. The maximum absolute atomic E-state index is 12.3.